The number of alkyl halides is 3. The van der Waals surface area contributed by atoms with Crippen LogP contribution in [0.3, 0.4) is 0 Å². The SMILES string of the molecule is CC(C)(CCN)Nc1ccc(S(=O)(=O)C(F)(F)F)cc1. The lowest BCUT2D eigenvalue weighted by atomic mass is 10.0. The normalized spacial score (nSPS) is 13.3. The molecule has 0 radical (unpaired) electrons. The first-order chi connectivity index (χ1) is 8.99. The molecule has 0 unspecified atom stereocenters. The van der Waals surface area contributed by atoms with Crippen molar-refractivity contribution < 1.29 is 21.6 Å². The van der Waals surface area contributed by atoms with Gasteiger partial charge in [-0.05, 0) is 51.1 Å². The summed E-state index contributed by atoms with van der Waals surface area (Å²) in [4.78, 5) is -0.771. The van der Waals surface area contributed by atoms with Crippen LogP contribution in [0.2, 0.25) is 0 Å². The van der Waals surface area contributed by atoms with E-state index < -0.39 is 20.2 Å². The van der Waals surface area contributed by atoms with Crippen molar-refractivity contribution in [3.05, 3.63) is 24.3 Å². The molecule has 0 fully saturated rings. The highest BCUT2D eigenvalue weighted by Gasteiger charge is 2.46. The summed E-state index contributed by atoms with van der Waals surface area (Å²) in [5.41, 5.74) is 0.360. The lowest BCUT2D eigenvalue weighted by Crippen LogP contribution is -2.33. The topological polar surface area (TPSA) is 72.2 Å². The van der Waals surface area contributed by atoms with Crippen LogP contribution in [0, 0.1) is 0 Å². The maximum absolute atomic E-state index is 12.4. The highest BCUT2D eigenvalue weighted by Crippen LogP contribution is 2.31. The van der Waals surface area contributed by atoms with Crippen LogP contribution in [-0.2, 0) is 9.84 Å². The summed E-state index contributed by atoms with van der Waals surface area (Å²) in [6.07, 6.45) is 0.662. The summed E-state index contributed by atoms with van der Waals surface area (Å²) in [6.45, 7) is 4.24. The van der Waals surface area contributed by atoms with Gasteiger partial charge in [-0.3, -0.25) is 0 Å². The van der Waals surface area contributed by atoms with Gasteiger partial charge in [-0.2, -0.15) is 13.2 Å². The van der Waals surface area contributed by atoms with Gasteiger partial charge in [0.25, 0.3) is 9.84 Å². The maximum atomic E-state index is 12.4. The second-order valence-electron chi connectivity index (χ2n) is 5.02. The first-order valence-corrected chi connectivity index (χ1v) is 7.37. The molecule has 0 spiro atoms. The predicted molar refractivity (Wildman–Crippen MR) is 71.1 cm³/mol. The molecule has 0 saturated carbocycles. The van der Waals surface area contributed by atoms with Crippen molar-refractivity contribution in [1.82, 2.24) is 0 Å². The molecule has 0 aliphatic heterocycles. The molecule has 0 aromatic heterocycles. The van der Waals surface area contributed by atoms with Crippen molar-refractivity contribution in [3.8, 4) is 0 Å². The summed E-state index contributed by atoms with van der Waals surface area (Å²) in [6, 6.07) is 4.47. The van der Waals surface area contributed by atoms with Gasteiger partial charge in [-0.25, -0.2) is 8.42 Å². The molecular weight excluding hydrogens is 293 g/mol. The van der Waals surface area contributed by atoms with Gasteiger partial charge in [0, 0.05) is 11.2 Å². The van der Waals surface area contributed by atoms with Crippen LogP contribution >= 0.6 is 0 Å². The number of hydrogen-bond acceptors (Lipinski definition) is 4. The number of anilines is 1. The van der Waals surface area contributed by atoms with Crippen LogP contribution in [-0.4, -0.2) is 26.0 Å². The molecule has 0 amide bonds. The zero-order chi connectivity index (χ0) is 15.6. The molecule has 0 bridgehead atoms. The van der Waals surface area contributed by atoms with E-state index in [1.807, 2.05) is 13.8 Å². The van der Waals surface area contributed by atoms with E-state index in [-0.39, 0.29) is 5.54 Å². The molecule has 0 saturated heterocycles. The first-order valence-electron chi connectivity index (χ1n) is 5.89. The van der Waals surface area contributed by atoms with Crippen molar-refractivity contribution in [3.63, 3.8) is 0 Å². The molecule has 0 atom stereocenters. The summed E-state index contributed by atoms with van der Waals surface area (Å²) < 4.78 is 59.5. The quantitative estimate of drug-likeness (QED) is 0.876. The molecule has 8 heteroatoms. The lowest BCUT2D eigenvalue weighted by molar-refractivity contribution is -0.0436. The Hall–Kier alpha value is -1.28. The number of nitrogens with two attached hydrogens (primary N) is 1. The van der Waals surface area contributed by atoms with E-state index >= 15 is 0 Å². The third-order valence-electron chi connectivity index (χ3n) is 2.72. The van der Waals surface area contributed by atoms with E-state index in [9.17, 15) is 21.6 Å². The molecule has 1 aromatic carbocycles. The molecule has 0 heterocycles. The fourth-order valence-electron chi connectivity index (χ4n) is 1.67. The van der Waals surface area contributed by atoms with Crippen LogP contribution in [0.5, 0.6) is 0 Å². The van der Waals surface area contributed by atoms with Gasteiger partial charge in [-0.1, -0.05) is 0 Å². The minimum absolute atomic E-state index is 0.334. The maximum Gasteiger partial charge on any atom is 0.501 e. The summed E-state index contributed by atoms with van der Waals surface area (Å²) in [5.74, 6) is 0. The van der Waals surface area contributed by atoms with Gasteiger partial charge in [0.1, 0.15) is 0 Å². The largest absolute Gasteiger partial charge is 0.501 e. The fraction of sp³-hybridized carbons (Fsp3) is 0.500. The molecule has 0 aliphatic rings. The zero-order valence-corrected chi connectivity index (χ0v) is 12.0. The number of halogens is 3. The molecule has 0 aliphatic carbocycles. The van der Waals surface area contributed by atoms with Crippen molar-refractivity contribution in [2.24, 2.45) is 5.73 Å². The van der Waals surface area contributed by atoms with Crippen LogP contribution < -0.4 is 11.1 Å². The lowest BCUT2D eigenvalue weighted by Gasteiger charge is -2.27. The van der Waals surface area contributed by atoms with Gasteiger partial charge in [0.05, 0.1) is 4.90 Å². The molecule has 1 aromatic rings. The highest BCUT2D eigenvalue weighted by atomic mass is 32.2. The van der Waals surface area contributed by atoms with E-state index in [1.54, 1.807) is 0 Å². The standard InChI is InChI=1S/C12H17F3N2O2S/c1-11(2,7-8-16)17-9-3-5-10(6-4-9)20(18,19)12(13,14)15/h3-6,17H,7-8,16H2,1-2H3. The Kier molecular flexibility index (Phi) is 4.70. The van der Waals surface area contributed by atoms with Gasteiger partial charge >= 0.3 is 5.51 Å². The fourth-order valence-corrected chi connectivity index (χ4v) is 2.43. The smallest absolute Gasteiger partial charge is 0.380 e. The average molecular weight is 310 g/mol. The van der Waals surface area contributed by atoms with Crippen LogP contribution in [0.25, 0.3) is 0 Å². The minimum Gasteiger partial charge on any atom is -0.380 e. The predicted octanol–water partition coefficient (Wildman–Crippen LogP) is 2.52. The first kappa shape index (κ1) is 16.8. The van der Waals surface area contributed by atoms with Crippen LogP contribution in [0.1, 0.15) is 20.3 Å². The third kappa shape index (κ3) is 3.86. The Morgan fingerprint density at radius 1 is 1.15 bits per heavy atom. The Bertz CT molecular complexity index is 551. The van der Waals surface area contributed by atoms with Gasteiger partial charge in [0.2, 0.25) is 0 Å². The Morgan fingerprint density at radius 3 is 2.05 bits per heavy atom. The number of hydrogen-bond donors (Lipinski definition) is 2. The van der Waals surface area contributed by atoms with Gasteiger partial charge in [-0.15, -0.1) is 0 Å². The number of benzene rings is 1. The third-order valence-corrected chi connectivity index (χ3v) is 4.22. The highest BCUT2D eigenvalue weighted by molar-refractivity contribution is 7.92. The Morgan fingerprint density at radius 2 is 1.65 bits per heavy atom. The van der Waals surface area contributed by atoms with Gasteiger partial charge in [0.15, 0.2) is 0 Å². The van der Waals surface area contributed by atoms with E-state index in [0.29, 0.717) is 18.7 Å². The van der Waals surface area contributed by atoms with Crippen molar-refractivity contribution in [2.75, 3.05) is 11.9 Å². The summed E-state index contributed by atoms with van der Waals surface area (Å²) in [7, 11) is -5.29. The molecule has 20 heavy (non-hydrogen) atoms. The van der Waals surface area contributed by atoms with E-state index in [1.165, 1.54) is 12.1 Å². The molecule has 3 N–H and O–H groups in total. The van der Waals surface area contributed by atoms with Crippen molar-refractivity contribution in [2.45, 2.75) is 36.2 Å². The van der Waals surface area contributed by atoms with Crippen LogP contribution in [0.4, 0.5) is 18.9 Å². The molecular formula is C12H17F3N2O2S. The van der Waals surface area contributed by atoms with Crippen LogP contribution in [0.15, 0.2) is 29.2 Å². The molecule has 114 valence electrons. The van der Waals surface area contributed by atoms with Crippen molar-refractivity contribution in [1.29, 1.82) is 0 Å². The number of nitrogens with one attached hydrogen (secondary N) is 1. The average Bonchev–Trinajstić information content (AvgIpc) is 2.27. The summed E-state index contributed by atoms with van der Waals surface area (Å²) >= 11 is 0. The Balaban J connectivity index is 2.96. The van der Waals surface area contributed by atoms with Crippen molar-refractivity contribution >= 4 is 15.5 Å². The minimum atomic E-state index is -5.29. The molecule has 1 rings (SSSR count). The van der Waals surface area contributed by atoms with E-state index in [4.69, 9.17) is 5.73 Å². The second-order valence-corrected chi connectivity index (χ2v) is 6.96. The van der Waals surface area contributed by atoms with E-state index in [2.05, 4.69) is 5.32 Å². The monoisotopic (exact) mass is 310 g/mol. The summed E-state index contributed by atoms with van der Waals surface area (Å²) in [5, 5.41) is 3.08. The Labute approximate surface area is 116 Å². The van der Waals surface area contributed by atoms with Gasteiger partial charge < -0.3 is 11.1 Å². The van der Waals surface area contributed by atoms with E-state index in [0.717, 1.165) is 12.1 Å². The molecule has 4 nitrogen and oxygen atoms in total. The number of rotatable bonds is 5. The number of sulfone groups is 1. The zero-order valence-electron chi connectivity index (χ0n) is 11.2. The second kappa shape index (κ2) is 5.61.